The molecular weight excluding hydrogens is 287 g/mol. The Morgan fingerprint density at radius 3 is 2.84 bits per heavy atom. The third kappa shape index (κ3) is 2.61. The van der Waals surface area contributed by atoms with Gasteiger partial charge in [-0.3, -0.25) is 0 Å². The molecule has 1 atom stereocenters. The van der Waals surface area contributed by atoms with Crippen molar-refractivity contribution in [3.05, 3.63) is 29.6 Å². The van der Waals surface area contributed by atoms with Crippen LogP contribution < -0.4 is 0 Å². The summed E-state index contributed by atoms with van der Waals surface area (Å²) in [7, 11) is -2.35. The van der Waals surface area contributed by atoms with E-state index in [4.69, 9.17) is 5.26 Å². The number of hydrogen-bond acceptors (Lipinski definition) is 4. The molecule has 0 amide bonds. The fourth-order valence-corrected chi connectivity index (χ4v) is 4.88. The van der Waals surface area contributed by atoms with Crippen LogP contribution in [-0.4, -0.2) is 37.3 Å². The van der Waals surface area contributed by atoms with Gasteiger partial charge < -0.3 is 0 Å². The van der Waals surface area contributed by atoms with Crippen molar-refractivity contribution < 1.29 is 12.8 Å². The monoisotopic (exact) mass is 300 g/mol. The second kappa shape index (κ2) is 5.49. The van der Waals surface area contributed by atoms with Crippen molar-refractivity contribution in [2.24, 2.45) is 0 Å². The number of rotatable bonds is 3. The zero-order valence-corrected chi connectivity index (χ0v) is 12.0. The van der Waals surface area contributed by atoms with Crippen LogP contribution in [0.5, 0.6) is 0 Å². The zero-order chi connectivity index (χ0) is 14.0. The summed E-state index contributed by atoms with van der Waals surface area (Å²) < 4.78 is 39.7. The maximum Gasteiger partial charge on any atom is 0.244 e. The van der Waals surface area contributed by atoms with E-state index >= 15 is 0 Å². The lowest BCUT2D eigenvalue weighted by Gasteiger charge is -2.23. The average Bonchev–Trinajstić information content (AvgIpc) is 2.91. The number of benzene rings is 1. The fraction of sp³-hybridized carbons (Fsp3) is 0.417. The van der Waals surface area contributed by atoms with Crippen LogP contribution in [0.2, 0.25) is 0 Å². The Labute approximate surface area is 116 Å². The molecule has 0 spiro atoms. The molecule has 1 aliphatic rings. The number of halogens is 1. The largest absolute Gasteiger partial charge is 0.244 e. The highest BCUT2D eigenvalue weighted by atomic mass is 32.2. The average molecular weight is 300 g/mol. The van der Waals surface area contributed by atoms with E-state index in [0.717, 1.165) is 24.0 Å². The number of hydrogen-bond donors (Lipinski definition) is 0. The van der Waals surface area contributed by atoms with Gasteiger partial charge in [0.2, 0.25) is 10.0 Å². The maximum atomic E-state index is 13.5. The molecule has 0 N–H and O–H groups in total. The van der Waals surface area contributed by atoms with Crippen molar-refractivity contribution >= 4 is 21.8 Å². The Morgan fingerprint density at radius 1 is 1.53 bits per heavy atom. The van der Waals surface area contributed by atoms with E-state index in [2.05, 4.69) is 0 Å². The summed E-state index contributed by atoms with van der Waals surface area (Å²) in [5, 5.41) is 8.93. The summed E-state index contributed by atoms with van der Waals surface area (Å²) in [5.74, 6) is 0.837. The molecule has 19 heavy (non-hydrogen) atoms. The van der Waals surface area contributed by atoms with Crippen LogP contribution in [0.3, 0.4) is 0 Å². The Balaban J connectivity index is 2.45. The van der Waals surface area contributed by atoms with Crippen molar-refractivity contribution in [3.8, 4) is 6.07 Å². The third-order valence-corrected chi connectivity index (χ3v) is 6.26. The molecule has 102 valence electrons. The topological polar surface area (TPSA) is 61.2 Å². The molecule has 1 aromatic carbocycles. The lowest BCUT2D eigenvalue weighted by Crippen LogP contribution is -2.37. The lowest BCUT2D eigenvalue weighted by molar-refractivity contribution is 0.394. The van der Waals surface area contributed by atoms with Crippen LogP contribution in [0.1, 0.15) is 12.0 Å². The van der Waals surface area contributed by atoms with Gasteiger partial charge in [-0.05, 0) is 24.3 Å². The molecule has 1 unspecified atom stereocenters. The molecule has 0 radical (unpaired) electrons. The summed E-state index contributed by atoms with van der Waals surface area (Å²) in [4.78, 5) is -0.255. The standard InChI is InChI=1S/C12H13FN2O2S2/c1-15(9-5-6-18-8-9)19(16,17)12-4-2-3-11(13)10(12)7-14/h2-4,9H,5-6,8H2,1H3. The summed E-state index contributed by atoms with van der Waals surface area (Å²) in [6.45, 7) is 0. The molecule has 0 aliphatic carbocycles. The highest BCUT2D eigenvalue weighted by Gasteiger charge is 2.32. The van der Waals surface area contributed by atoms with E-state index in [-0.39, 0.29) is 10.9 Å². The van der Waals surface area contributed by atoms with Crippen molar-refractivity contribution in [3.63, 3.8) is 0 Å². The molecule has 0 bridgehead atoms. The van der Waals surface area contributed by atoms with Gasteiger partial charge in [-0.2, -0.15) is 21.3 Å². The van der Waals surface area contributed by atoms with Crippen molar-refractivity contribution in [2.75, 3.05) is 18.6 Å². The van der Waals surface area contributed by atoms with E-state index in [9.17, 15) is 12.8 Å². The van der Waals surface area contributed by atoms with Gasteiger partial charge in [0.15, 0.2) is 0 Å². The molecule has 2 rings (SSSR count). The highest BCUT2D eigenvalue weighted by Crippen LogP contribution is 2.28. The Hall–Kier alpha value is -1.10. The first-order chi connectivity index (χ1) is 8.98. The minimum absolute atomic E-state index is 0.0928. The first-order valence-corrected chi connectivity index (χ1v) is 8.32. The molecule has 4 nitrogen and oxygen atoms in total. The van der Waals surface area contributed by atoms with Gasteiger partial charge >= 0.3 is 0 Å². The predicted octanol–water partition coefficient (Wildman–Crippen LogP) is 1.82. The minimum atomic E-state index is -3.83. The zero-order valence-electron chi connectivity index (χ0n) is 10.3. The lowest BCUT2D eigenvalue weighted by atomic mass is 10.2. The molecular formula is C12H13FN2O2S2. The van der Waals surface area contributed by atoms with E-state index in [1.54, 1.807) is 17.8 Å². The van der Waals surface area contributed by atoms with Crippen molar-refractivity contribution in [1.29, 1.82) is 5.26 Å². The summed E-state index contributed by atoms with van der Waals surface area (Å²) in [6.07, 6.45) is 0.775. The normalized spacial score (nSPS) is 19.6. The van der Waals surface area contributed by atoms with Gasteiger partial charge in [0.25, 0.3) is 0 Å². The van der Waals surface area contributed by atoms with Crippen molar-refractivity contribution in [2.45, 2.75) is 17.4 Å². The van der Waals surface area contributed by atoms with E-state index in [1.807, 2.05) is 0 Å². The first-order valence-electron chi connectivity index (χ1n) is 5.73. The van der Waals surface area contributed by atoms with Crippen LogP contribution in [-0.2, 0) is 10.0 Å². The highest BCUT2D eigenvalue weighted by molar-refractivity contribution is 7.99. The number of thioether (sulfide) groups is 1. The first kappa shape index (κ1) is 14.3. The van der Waals surface area contributed by atoms with Gasteiger partial charge in [-0.25, -0.2) is 12.8 Å². The molecule has 7 heteroatoms. The number of nitriles is 1. The maximum absolute atomic E-state index is 13.5. The van der Waals surface area contributed by atoms with Crippen LogP contribution in [0.15, 0.2) is 23.1 Å². The minimum Gasteiger partial charge on any atom is -0.207 e. The molecule has 1 aliphatic heterocycles. The van der Waals surface area contributed by atoms with E-state index in [1.165, 1.54) is 23.5 Å². The molecule has 0 aromatic heterocycles. The SMILES string of the molecule is CN(C1CCSC1)S(=O)(=O)c1cccc(F)c1C#N. The van der Waals surface area contributed by atoms with Crippen LogP contribution in [0.25, 0.3) is 0 Å². The van der Waals surface area contributed by atoms with E-state index in [0.29, 0.717) is 0 Å². The van der Waals surface area contributed by atoms with Gasteiger partial charge in [0.1, 0.15) is 22.3 Å². The second-order valence-electron chi connectivity index (χ2n) is 4.26. The van der Waals surface area contributed by atoms with Crippen LogP contribution >= 0.6 is 11.8 Å². The fourth-order valence-electron chi connectivity index (χ4n) is 1.99. The molecule has 1 saturated heterocycles. The summed E-state index contributed by atoms with van der Waals surface area (Å²) in [6, 6.07) is 5.20. The number of sulfonamides is 1. The van der Waals surface area contributed by atoms with Crippen LogP contribution in [0, 0.1) is 17.1 Å². The molecule has 1 fully saturated rings. The Bertz CT molecular complexity index is 619. The van der Waals surface area contributed by atoms with Gasteiger partial charge in [0.05, 0.1) is 0 Å². The van der Waals surface area contributed by atoms with Gasteiger partial charge in [-0.1, -0.05) is 6.07 Å². The number of nitrogens with zero attached hydrogens (tertiary/aromatic N) is 2. The smallest absolute Gasteiger partial charge is 0.207 e. The second-order valence-corrected chi connectivity index (χ2v) is 7.38. The predicted molar refractivity (Wildman–Crippen MR) is 71.8 cm³/mol. The molecule has 1 aromatic rings. The van der Waals surface area contributed by atoms with Crippen LogP contribution in [0.4, 0.5) is 4.39 Å². The van der Waals surface area contributed by atoms with Gasteiger partial charge in [0, 0.05) is 18.8 Å². The summed E-state index contributed by atoms with van der Waals surface area (Å²) in [5.41, 5.74) is -0.417. The van der Waals surface area contributed by atoms with Crippen molar-refractivity contribution in [1.82, 2.24) is 4.31 Å². The quantitative estimate of drug-likeness (QED) is 0.854. The Morgan fingerprint density at radius 2 is 2.26 bits per heavy atom. The Kier molecular flexibility index (Phi) is 4.13. The molecule has 1 heterocycles. The molecule has 0 saturated carbocycles. The summed E-state index contributed by atoms with van der Waals surface area (Å²) >= 11 is 1.69. The third-order valence-electron chi connectivity index (χ3n) is 3.16. The van der Waals surface area contributed by atoms with E-state index < -0.39 is 21.4 Å². The van der Waals surface area contributed by atoms with Gasteiger partial charge in [-0.15, -0.1) is 0 Å².